The van der Waals surface area contributed by atoms with Crippen LogP contribution in [0.4, 0.5) is 4.79 Å². The SMILES string of the molecule is O=C(O)NCC1CN(C(=O)C2CCOCC2)CCO1. The summed E-state index contributed by atoms with van der Waals surface area (Å²) in [6.07, 6.45) is 0.216. The number of morpholine rings is 1. The predicted octanol–water partition coefficient (Wildman–Crippen LogP) is -0.0920. The number of hydrogen-bond acceptors (Lipinski definition) is 4. The van der Waals surface area contributed by atoms with E-state index in [1.54, 1.807) is 4.90 Å². The average Bonchev–Trinajstić information content (AvgIpc) is 2.45. The van der Waals surface area contributed by atoms with E-state index in [9.17, 15) is 9.59 Å². The van der Waals surface area contributed by atoms with Crippen LogP contribution in [-0.4, -0.2) is 67.6 Å². The minimum atomic E-state index is -1.07. The molecule has 1 unspecified atom stereocenters. The van der Waals surface area contributed by atoms with Crippen molar-refractivity contribution in [1.29, 1.82) is 0 Å². The van der Waals surface area contributed by atoms with Gasteiger partial charge in [0.2, 0.25) is 5.91 Å². The molecule has 2 aliphatic heterocycles. The molecule has 19 heavy (non-hydrogen) atoms. The van der Waals surface area contributed by atoms with E-state index in [0.717, 1.165) is 12.8 Å². The van der Waals surface area contributed by atoms with Crippen molar-refractivity contribution in [2.24, 2.45) is 5.92 Å². The van der Waals surface area contributed by atoms with Gasteiger partial charge >= 0.3 is 6.09 Å². The Bertz CT molecular complexity index is 330. The first-order valence-electron chi connectivity index (χ1n) is 6.61. The Kier molecular flexibility index (Phi) is 4.98. The van der Waals surface area contributed by atoms with E-state index in [0.29, 0.717) is 32.9 Å². The van der Waals surface area contributed by atoms with Gasteiger partial charge < -0.3 is 24.8 Å². The lowest BCUT2D eigenvalue weighted by atomic mass is 9.98. The van der Waals surface area contributed by atoms with E-state index in [2.05, 4.69) is 5.32 Å². The number of carbonyl (C=O) groups is 2. The smallest absolute Gasteiger partial charge is 0.404 e. The molecule has 2 amide bonds. The molecule has 2 saturated heterocycles. The maximum absolute atomic E-state index is 12.3. The van der Waals surface area contributed by atoms with Gasteiger partial charge in [-0.25, -0.2) is 4.79 Å². The zero-order valence-electron chi connectivity index (χ0n) is 10.8. The quantitative estimate of drug-likeness (QED) is 0.749. The molecule has 7 heteroatoms. The summed E-state index contributed by atoms with van der Waals surface area (Å²) in [6.45, 7) is 3.00. The molecule has 0 aromatic carbocycles. The monoisotopic (exact) mass is 272 g/mol. The van der Waals surface area contributed by atoms with Crippen LogP contribution in [0.5, 0.6) is 0 Å². The van der Waals surface area contributed by atoms with E-state index in [1.165, 1.54) is 0 Å². The molecule has 0 bridgehead atoms. The van der Waals surface area contributed by atoms with Crippen LogP contribution in [0.1, 0.15) is 12.8 Å². The molecule has 2 heterocycles. The topological polar surface area (TPSA) is 88.1 Å². The summed E-state index contributed by atoms with van der Waals surface area (Å²) in [5.74, 6) is 0.187. The first kappa shape index (κ1) is 14.1. The van der Waals surface area contributed by atoms with Crippen molar-refractivity contribution in [3.05, 3.63) is 0 Å². The van der Waals surface area contributed by atoms with Gasteiger partial charge in [-0.05, 0) is 12.8 Å². The highest BCUT2D eigenvalue weighted by Crippen LogP contribution is 2.19. The molecule has 7 nitrogen and oxygen atoms in total. The number of amides is 2. The fourth-order valence-corrected chi connectivity index (χ4v) is 2.45. The molecule has 0 radical (unpaired) electrons. The Balaban J connectivity index is 1.82. The summed E-state index contributed by atoms with van der Waals surface area (Å²) in [5.41, 5.74) is 0. The van der Waals surface area contributed by atoms with Gasteiger partial charge in [-0.1, -0.05) is 0 Å². The molecule has 2 fully saturated rings. The lowest BCUT2D eigenvalue weighted by molar-refractivity contribution is -0.145. The number of rotatable bonds is 3. The number of carbonyl (C=O) groups excluding carboxylic acids is 1. The predicted molar refractivity (Wildman–Crippen MR) is 65.9 cm³/mol. The van der Waals surface area contributed by atoms with Crippen molar-refractivity contribution in [3.8, 4) is 0 Å². The summed E-state index contributed by atoms with van der Waals surface area (Å²) in [5, 5.41) is 10.8. The van der Waals surface area contributed by atoms with E-state index in [1.807, 2.05) is 0 Å². The number of ether oxygens (including phenoxy) is 2. The number of hydrogen-bond donors (Lipinski definition) is 2. The minimum absolute atomic E-state index is 0.0416. The largest absolute Gasteiger partial charge is 0.465 e. The van der Waals surface area contributed by atoms with Gasteiger partial charge in [-0.15, -0.1) is 0 Å². The fraction of sp³-hybridized carbons (Fsp3) is 0.833. The zero-order valence-corrected chi connectivity index (χ0v) is 10.8. The second-order valence-electron chi connectivity index (χ2n) is 4.85. The maximum Gasteiger partial charge on any atom is 0.404 e. The highest BCUT2D eigenvalue weighted by molar-refractivity contribution is 5.79. The third kappa shape index (κ3) is 4.07. The normalized spacial score (nSPS) is 25.1. The van der Waals surface area contributed by atoms with Crippen LogP contribution in [-0.2, 0) is 14.3 Å². The third-order valence-electron chi connectivity index (χ3n) is 3.50. The van der Waals surface area contributed by atoms with Gasteiger partial charge in [-0.2, -0.15) is 0 Å². The minimum Gasteiger partial charge on any atom is -0.465 e. The van der Waals surface area contributed by atoms with Crippen molar-refractivity contribution in [2.45, 2.75) is 18.9 Å². The van der Waals surface area contributed by atoms with Crippen molar-refractivity contribution >= 4 is 12.0 Å². The van der Waals surface area contributed by atoms with Crippen LogP contribution in [0.25, 0.3) is 0 Å². The van der Waals surface area contributed by atoms with Crippen LogP contribution in [0.15, 0.2) is 0 Å². The van der Waals surface area contributed by atoms with Crippen molar-refractivity contribution in [2.75, 3.05) is 39.5 Å². The van der Waals surface area contributed by atoms with Gasteiger partial charge in [0.1, 0.15) is 0 Å². The first-order valence-corrected chi connectivity index (χ1v) is 6.61. The summed E-state index contributed by atoms with van der Waals surface area (Å²) in [7, 11) is 0. The summed E-state index contributed by atoms with van der Waals surface area (Å²) in [6, 6.07) is 0. The molecule has 1 atom stereocenters. The lowest BCUT2D eigenvalue weighted by Gasteiger charge is -2.35. The molecule has 0 aliphatic carbocycles. The summed E-state index contributed by atoms with van der Waals surface area (Å²) >= 11 is 0. The van der Waals surface area contributed by atoms with Gasteiger partial charge in [0, 0.05) is 38.8 Å². The van der Waals surface area contributed by atoms with Crippen molar-refractivity contribution in [1.82, 2.24) is 10.2 Å². The van der Waals surface area contributed by atoms with Crippen molar-refractivity contribution < 1.29 is 24.2 Å². The van der Waals surface area contributed by atoms with E-state index in [4.69, 9.17) is 14.6 Å². The Hall–Kier alpha value is -1.34. The fourth-order valence-electron chi connectivity index (χ4n) is 2.45. The van der Waals surface area contributed by atoms with Crippen LogP contribution >= 0.6 is 0 Å². The Morgan fingerprint density at radius 1 is 1.26 bits per heavy atom. The second kappa shape index (κ2) is 6.72. The standard InChI is InChI=1S/C12H20N2O5/c15-11(9-1-4-18-5-2-9)14-3-6-19-10(8-14)7-13-12(16)17/h9-10,13H,1-8H2,(H,16,17). The van der Waals surface area contributed by atoms with Gasteiger partial charge in [0.05, 0.1) is 12.7 Å². The van der Waals surface area contributed by atoms with Crippen LogP contribution in [0.3, 0.4) is 0 Å². The summed E-state index contributed by atoms with van der Waals surface area (Å²) in [4.78, 5) is 24.5. The average molecular weight is 272 g/mol. The molecular formula is C12H20N2O5. The third-order valence-corrected chi connectivity index (χ3v) is 3.50. The Morgan fingerprint density at radius 3 is 2.68 bits per heavy atom. The van der Waals surface area contributed by atoms with E-state index < -0.39 is 6.09 Å². The van der Waals surface area contributed by atoms with Crippen LogP contribution in [0, 0.1) is 5.92 Å². The lowest BCUT2D eigenvalue weighted by Crippen LogP contribution is -2.51. The zero-order chi connectivity index (χ0) is 13.7. The highest BCUT2D eigenvalue weighted by atomic mass is 16.5. The molecule has 2 N–H and O–H groups in total. The second-order valence-corrected chi connectivity index (χ2v) is 4.85. The molecule has 2 rings (SSSR count). The summed E-state index contributed by atoms with van der Waals surface area (Å²) < 4.78 is 10.7. The first-order chi connectivity index (χ1) is 9.16. The molecule has 0 spiro atoms. The van der Waals surface area contributed by atoms with Gasteiger partial charge in [0.25, 0.3) is 0 Å². The van der Waals surface area contributed by atoms with Gasteiger partial charge in [0.15, 0.2) is 0 Å². The Morgan fingerprint density at radius 2 is 2.00 bits per heavy atom. The molecule has 2 aliphatic rings. The van der Waals surface area contributed by atoms with Crippen LogP contribution in [0.2, 0.25) is 0 Å². The molecule has 108 valence electrons. The Labute approximate surface area is 111 Å². The number of nitrogens with one attached hydrogen (secondary N) is 1. The van der Waals surface area contributed by atoms with Crippen molar-refractivity contribution in [3.63, 3.8) is 0 Å². The molecule has 0 aromatic heterocycles. The number of carboxylic acid groups (broad SMARTS) is 1. The maximum atomic E-state index is 12.3. The molecule has 0 saturated carbocycles. The van der Waals surface area contributed by atoms with Gasteiger partial charge in [-0.3, -0.25) is 4.79 Å². The van der Waals surface area contributed by atoms with Crippen LogP contribution < -0.4 is 5.32 Å². The highest BCUT2D eigenvalue weighted by Gasteiger charge is 2.30. The molecule has 0 aromatic rings. The van der Waals surface area contributed by atoms with E-state index >= 15 is 0 Å². The molecular weight excluding hydrogens is 252 g/mol. The van der Waals surface area contributed by atoms with E-state index in [-0.39, 0.29) is 24.5 Å². The number of nitrogens with zero attached hydrogens (tertiary/aromatic N) is 1.